The Kier molecular flexibility index (Phi) is 26.7. The van der Waals surface area contributed by atoms with E-state index in [0.29, 0.717) is 48.2 Å². The number of ether oxygens (including phenoxy) is 6. The number of nitrogens with two attached hydrogens (primary N) is 1. The topological polar surface area (TPSA) is 330 Å². The van der Waals surface area contributed by atoms with Gasteiger partial charge in [-0.2, -0.15) is 0 Å². The lowest BCUT2D eigenvalue weighted by Gasteiger charge is -2.41. The zero-order valence-electron chi connectivity index (χ0n) is 52.9. The number of hydrogen-bond donors (Lipinski definition) is 5. The number of allylic oxidation sites excluding steroid dienone is 3. The molecule has 25 heteroatoms. The van der Waals surface area contributed by atoms with Gasteiger partial charge in [-0.25, -0.2) is 14.4 Å². The van der Waals surface area contributed by atoms with E-state index in [1.807, 2.05) is 13.0 Å². The van der Waals surface area contributed by atoms with E-state index in [4.69, 9.17) is 50.9 Å². The Bertz CT molecular complexity index is 2950. The lowest BCUT2D eigenvalue weighted by atomic mass is 9.78. The maximum Gasteiger partial charge on any atom is 0.409 e. The maximum atomic E-state index is 14.4. The van der Waals surface area contributed by atoms with Crippen LogP contribution >= 0.6 is 11.6 Å². The third kappa shape index (κ3) is 20.6. The molecule has 0 aliphatic carbocycles. The summed E-state index contributed by atoms with van der Waals surface area (Å²) in [4.78, 5) is 135. The Morgan fingerprint density at radius 3 is 2.28 bits per heavy atom. The monoisotopic (exact) mass is 1260 g/mol. The first-order valence-electron chi connectivity index (χ1n) is 30.0. The fraction of sp³-hybridized carbons (Fsp3) is 0.594. The Balaban J connectivity index is 1.21. The second-order valence-corrected chi connectivity index (χ2v) is 24.5. The molecule has 89 heavy (non-hydrogen) atoms. The minimum atomic E-state index is -1.66. The Morgan fingerprint density at radius 1 is 0.966 bits per heavy atom. The van der Waals surface area contributed by atoms with Gasteiger partial charge in [-0.3, -0.25) is 33.6 Å². The zero-order chi connectivity index (χ0) is 66.1. The molecular weight excluding hydrogens is 1180 g/mol. The number of likely N-dealkylation sites (N-methyl/N-ethyl adjacent to an activating group) is 1. The van der Waals surface area contributed by atoms with Crippen LogP contribution in [0.4, 0.5) is 15.3 Å². The fourth-order valence-electron chi connectivity index (χ4n) is 11.0. The van der Waals surface area contributed by atoms with Crippen LogP contribution in [0.15, 0.2) is 60.2 Å². The van der Waals surface area contributed by atoms with E-state index >= 15 is 0 Å². The van der Waals surface area contributed by atoms with E-state index in [2.05, 4.69) is 10.6 Å². The van der Waals surface area contributed by atoms with Crippen LogP contribution in [0, 0.1) is 17.8 Å². The summed E-state index contributed by atoms with van der Waals surface area (Å²) in [5.74, 6) is -5.75. The number of rotatable bonds is 27. The van der Waals surface area contributed by atoms with E-state index in [9.17, 15) is 53.1 Å². The van der Waals surface area contributed by atoms with Crippen molar-refractivity contribution in [2.24, 2.45) is 23.5 Å². The molecule has 0 aromatic heterocycles. The standard InChI is InChI=1S/C64H89ClN6O18/c1-37(2)45(32-44(72)17-12-13-20-55(76)77)59(79)68-46(18-15-26-67-61(66)81)48(73)30-41-21-23-42(24-22-41)36-86-62(82)69(7)27-25-53(74)70(8)40(5)60(80)88-52-33-54(75)71(9)47-29-43(31-49(84-10)57(47)65)28-38(3)16-14-19-51(85-11)64(83)34-50(87-56(78)35-64)39(4)58-63(52,6)89-58/h14,16,19,21-24,29,31,37,39-40,45-46,50-52,58,83H,12-13,15,17-18,20,25-28,30,32-36H2,1-11H3,(H,68,79)(H,76,77)(H3,66,67,81)/b19-14+,38-16+/t39-,40+,45+,46+,50+,51-,52+,58+,63+,64-/m1/s1. The maximum absolute atomic E-state index is 14.4. The van der Waals surface area contributed by atoms with E-state index in [-0.39, 0.29) is 93.6 Å². The van der Waals surface area contributed by atoms with Gasteiger partial charge in [0.25, 0.3) is 0 Å². The number of aliphatic carboxylic acids is 1. The van der Waals surface area contributed by atoms with Crippen LogP contribution in [0.25, 0.3) is 0 Å². The molecule has 0 spiro atoms. The van der Waals surface area contributed by atoms with Gasteiger partial charge in [0.15, 0.2) is 5.78 Å². The molecule has 0 saturated carbocycles. The van der Waals surface area contributed by atoms with Crippen LogP contribution in [0.1, 0.15) is 129 Å². The first kappa shape index (κ1) is 72.3. The highest BCUT2D eigenvalue weighted by atomic mass is 35.5. The van der Waals surface area contributed by atoms with E-state index in [1.165, 1.54) is 52.1 Å². The lowest BCUT2D eigenvalue weighted by molar-refractivity contribution is -0.187. The van der Waals surface area contributed by atoms with E-state index in [1.54, 1.807) is 76.2 Å². The molecule has 2 aromatic rings. The number of nitrogens with zero attached hydrogens (tertiary/aromatic N) is 3. The summed E-state index contributed by atoms with van der Waals surface area (Å²) in [6.45, 7) is 10.3. The van der Waals surface area contributed by atoms with Gasteiger partial charge in [0, 0.05) is 91.7 Å². The van der Waals surface area contributed by atoms with Crippen molar-refractivity contribution in [1.29, 1.82) is 0 Å². The number of carbonyl (C=O) groups excluding carboxylic acids is 9. The van der Waals surface area contributed by atoms with Crippen LogP contribution < -0.4 is 26.0 Å². The number of carbonyl (C=O) groups is 10. The number of unbranched alkanes of at least 4 members (excludes halogenated alkanes) is 1. The number of urea groups is 1. The Hall–Kier alpha value is -7.41. The molecule has 2 saturated heterocycles. The number of esters is 2. The van der Waals surface area contributed by atoms with E-state index < -0.39 is 114 Å². The highest BCUT2D eigenvalue weighted by Gasteiger charge is 2.64. The number of nitrogens with one attached hydrogen (secondary N) is 2. The molecule has 3 heterocycles. The number of amides is 6. The molecule has 490 valence electrons. The number of ketones is 2. The summed E-state index contributed by atoms with van der Waals surface area (Å²) < 4.78 is 35.2. The second kappa shape index (κ2) is 32.9. The summed E-state index contributed by atoms with van der Waals surface area (Å²) in [6.07, 6.45) is 1.26. The first-order valence-corrected chi connectivity index (χ1v) is 30.4. The number of fused-ring (bicyclic) bond motifs is 5. The third-order valence-corrected chi connectivity index (χ3v) is 17.3. The largest absolute Gasteiger partial charge is 0.495 e. The molecule has 2 fully saturated rings. The number of Topliss-reactive ketones (excluding diaryl/α,β-unsaturated/α-hetero) is 2. The number of halogens is 1. The van der Waals surface area contributed by atoms with Crippen molar-refractivity contribution >= 4 is 76.6 Å². The molecule has 5 rings (SSSR count). The minimum Gasteiger partial charge on any atom is -0.495 e. The molecule has 0 radical (unpaired) electrons. The normalized spacial score (nSPS) is 23.8. The number of benzene rings is 2. The quantitative estimate of drug-likeness (QED) is 0.0282. The highest BCUT2D eigenvalue weighted by Crippen LogP contribution is 2.50. The van der Waals surface area contributed by atoms with Crippen molar-refractivity contribution in [2.75, 3.05) is 53.4 Å². The number of carboxylic acids is 1. The van der Waals surface area contributed by atoms with Crippen molar-refractivity contribution in [1.82, 2.24) is 20.4 Å². The molecule has 4 bridgehead atoms. The summed E-state index contributed by atoms with van der Waals surface area (Å²) in [5.41, 5.74) is 5.38. The Labute approximate surface area is 525 Å². The molecule has 6 N–H and O–H groups in total. The van der Waals surface area contributed by atoms with Gasteiger partial charge in [0.05, 0.1) is 37.8 Å². The smallest absolute Gasteiger partial charge is 0.409 e. The number of methoxy groups -OCH3 is 2. The minimum absolute atomic E-state index is 0.0147. The summed E-state index contributed by atoms with van der Waals surface area (Å²) in [5, 5.41) is 26.4. The van der Waals surface area contributed by atoms with Crippen LogP contribution in [-0.2, 0) is 81.5 Å². The fourth-order valence-corrected chi connectivity index (χ4v) is 11.3. The summed E-state index contributed by atoms with van der Waals surface area (Å²) in [6, 6.07) is 7.30. The van der Waals surface area contributed by atoms with Gasteiger partial charge in [-0.1, -0.05) is 80.4 Å². The molecule has 0 unspecified atom stereocenters. The highest BCUT2D eigenvalue weighted by molar-refractivity contribution is 6.35. The summed E-state index contributed by atoms with van der Waals surface area (Å²) >= 11 is 6.84. The average molecular weight is 1270 g/mol. The molecule has 24 nitrogen and oxygen atoms in total. The van der Waals surface area contributed by atoms with Crippen molar-refractivity contribution in [3.63, 3.8) is 0 Å². The third-order valence-electron chi connectivity index (χ3n) is 16.9. The van der Waals surface area contributed by atoms with Crippen LogP contribution in [0.3, 0.4) is 0 Å². The predicted octanol–water partition coefficient (Wildman–Crippen LogP) is 6.34. The van der Waals surface area contributed by atoms with Crippen molar-refractivity contribution in [3.05, 3.63) is 81.9 Å². The molecule has 6 amide bonds. The van der Waals surface area contributed by atoms with Crippen molar-refractivity contribution < 1.29 is 86.6 Å². The van der Waals surface area contributed by atoms with Gasteiger partial charge >= 0.3 is 30.0 Å². The molecular formula is C64H89ClN6O18. The molecule has 3 aliphatic heterocycles. The molecule has 3 aliphatic rings. The van der Waals surface area contributed by atoms with Gasteiger partial charge in [-0.05, 0) is 87.6 Å². The lowest BCUT2D eigenvalue weighted by Crippen LogP contribution is -2.53. The number of carboxylic acid groups (broad SMARTS) is 1. The Morgan fingerprint density at radius 2 is 1.64 bits per heavy atom. The molecule has 10 atom stereocenters. The van der Waals surface area contributed by atoms with Crippen molar-refractivity contribution in [2.45, 2.75) is 179 Å². The number of aliphatic hydroxyl groups is 1. The first-order chi connectivity index (χ1) is 41.9. The molecule has 2 aromatic carbocycles. The number of primary amides is 1. The van der Waals surface area contributed by atoms with Crippen molar-refractivity contribution in [3.8, 4) is 5.75 Å². The summed E-state index contributed by atoms with van der Waals surface area (Å²) in [7, 11) is 7.28. The zero-order valence-corrected chi connectivity index (χ0v) is 53.7. The number of epoxide rings is 1. The number of anilines is 1. The predicted molar refractivity (Wildman–Crippen MR) is 327 cm³/mol. The second-order valence-electron chi connectivity index (χ2n) is 24.1. The van der Waals surface area contributed by atoms with Gasteiger partial charge in [0.1, 0.15) is 58.7 Å². The van der Waals surface area contributed by atoms with Crippen LogP contribution in [0.2, 0.25) is 5.02 Å². The van der Waals surface area contributed by atoms with Gasteiger partial charge < -0.3 is 69.7 Å². The van der Waals surface area contributed by atoms with E-state index in [0.717, 1.165) is 16.0 Å². The van der Waals surface area contributed by atoms with Gasteiger partial charge in [0.2, 0.25) is 17.7 Å². The SMILES string of the molecule is COc1cc2cc(c1Cl)N(C)C(=O)C[C@H](OC(=O)[C@H](C)N(C)C(=O)CCN(C)C(=O)OCc1ccc(CC(=O)[C@H](CCCNC(N)=O)NC(=O)[C@@H](CC(=O)CCCCC(=O)O)C(C)C)cc1)[C@]1(C)O[C@H]1[C@H](C)[C@@H]1C[C@@](O)(CC(=O)O1)[C@H](OC)/C=C/C=C(\C)C2. The van der Waals surface area contributed by atoms with Crippen LogP contribution in [0.5, 0.6) is 5.75 Å². The van der Waals surface area contributed by atoms with Crippen LogP contribution in [-0.4, -0.2) is 175 Å². The van der Waals surface area contributed by atoms with Gasteiger partial charge in [-0.15, -0.1) is 0 Å². The average Bonchev–Trinajstić information content (AvgIpc) is 1.61. The number of hydrogen-bond acceptors (Lipinski definition) is 17.